The highest BCUT2D eigenvalue weighted by Crippen LogP contribution is 2.30. The van der Waals surface area contributed by atoms with E-state index in [0.717, 1.165) is 12.3 Å². The minimum Gasteiger partial charge on any atom is -0.332 e. The first-order valence-electron chi connectivity index (χ1n) is 4.30. The van der Waals surface area contributed by atoms with Crippen LogP contribution in [0.15, 0.2) is 12.4 Å². The minimum atomic E-state index is 0.701. The maximum Gasteiger partial charge on any atom is 0.108 e. The molecular formula is C9H14N2. The topological polar surface area (TPSA) is 17.8 Å². The quantitative estimate of drug-likeness (QED) is 0.599. The molecular weight excluding hydrogens is 136 g/mol. The maximum atomic E-state index is 4.29. The van der Waals surface area contributed by atoms with E-state index in [1.54, 1.807) is 0 Å². The van der Waals surface area contributed by atoms with Crippen molar-refractivity contribution in [3.8, 4) is 0 Å². The molecule has 0 radical (unpaired) electrons. The average Bonchev–Trinajstić information content (AvgIpc) is 2.41. The van der Waals surface area contributed by atoms with Crippen LogP contribution in [0.5, 0.6) is 0 Å². The van der Waals surface area contributed by atoms with E-state index in [9.17, 15) is 0 Å². The fourth-order valence-electron chi connectivity index (χ4n) is 1.91. The molecule has 0 fully saturated rings. The predicted molar refractivity (Wildman–Crippen MR) is 44.4 cm³/mol. The van der Waals surface area contributed by atoms with Crippen LogP contribution in [-0.2, 0) is 6.42 Å². The summed E-state index contributed by atoms with van der Waals surface area (Å²) >= 11 is 0. The van der Waals surface area contributed by atoms with E-state index < -0.39 is 0 Å². The van der Waals surface area contributed by atoms with Crippen LogP contribution in [0.3, 0.4) is 0 Å². The Bertz CT molecular complexity index is 250. The third-order valence-corrected chi connectivity index (χ3v) is 2.54. The number of imidazole rings is 1. The molecule has 0 spiro atoms. The Balaban J connectivity index is 2.31. The molecule has 0 aromatic carbocycles. The van der Waals surface area contributed by atoms with Gasteiger partial charge in [0.1, 0.15) is 5.82 Å². The Morgan fingerprint density at radius 1 is 1.64 bits per heavy atom. The van der Waals surface area contributed by atoms with Gasteiger partial charge in [0, 0.05) is 24.9 Å². The van der Waals surface area contributed by atoms with E-state index in [1.165, 1.54) is 12.2 Å². The molecule has 0 bridgehead atoms. The van der Waals surface area contributed by atoms with Crippen LogP contribution in [0.2, 0.25) is 0 Å². The predicted octanol–water partition coefficient (Wildman–Crippen LogP) is 2.03. The van der Waals surface area contributed by atoms with Crippen LogP contribution in [0.4, 0.5) is 0 Å². The van der Waals surface area contributed by atoms with Crippen molar-refractivity contribution in [1.29, 1.82) is 0 Å². The van der Waals surface area contributed by atoms with Gasteiger partial charge < -0.3 is 4.57 Å². The van der Waals surface area contributed by atoms with Gasteiger partial charge in [0.2, 0.25) is 0 Å². The lowest BCUT2D eigenvalue weighted by molar-refractivity contribution is 0.393. The van der Waals surface area contributed by atoms with Crippen LogP contribution in [0, 0.1) is 5.92 Å². The van der Waals surface area contributed by atoms with Crippen molar-refractivity contribution >= 4 is 0 Å². The first kappa shape index (κ1) is 6.89. The summed E-state index contributed by atoms with van der Waals surface area (Å²) in [4.78, 5) is 4.29. The van der Waals surface area contributed by atoms with Gasteiger partial charge in [0.15, 0.2) is 0 Å². The van der Waals surface area contributed by atoms with Crippen molar-refractivity contribution in [1.82, 2.24) is 9.55 Å². The number of aromatic nitrogens is 2. The Morgan fingerprint density at radius 2 is 2.45 bits per heavy atom. The Morgan fingerprint density at radius 3 is 3.18 bits per heavy atom. The lowest BCUT2D eigenvalue weighted by Gasteiger charge is -2.16. The molecule has 0 N–H and O–H groups in total. The van der Waals surface area contributed by atoms with Gasteiger partial charge in [-0.3, -0.25) is 0 Å². The number of hydrogen-bond acceptors (Lipinski definition) is 1. The van der Waals surface area contributed by atoms with E-state index in [0.29, 0.717) is 6.04 Å². The fraction of sp³-hybridized carbons (Fsp3) is 0.667. The lowest BCUT2D eigenvalue weighted by Crippen LogP contribution is -2.09. The Labute approximate surface area is 67.3 Å². The molecule has 2 heterocycles. The summed E-state index contributed by atoms with van der Waals surface area (Å²) in [6, 6.07) is 0.701. The van der Waals surface area contributed by atoms with Crippen molar-refractivity contribution in [2.24, 2.45) is 5.92 Å². The second kappa shape index (κ2) is 2.36. The van der Waals surface area contributed by atoms with Crippen LogP contribution < -0.4 is 0 Å². The van der Waals surface area contributed by atoms with Gasteiger partial charge in [-0.2, -0.15) is 0 Å². The molecule has 1 aromatic rings. The fourth-order valence-corrected chi connectivity index (χ4v) is 1.91. The first-order chi connectivity index (χ1) is 5.29. The molecule has 1 atom stereocenters. The molecule has 1 aliphatic heterocycles. The normalized spacial score (nSPS) is 22.6. The zero-order chi connectivity index (χ0) is 7.84. The summed E-state index contributed by atoms with van der Waals surface area (Å²) < 4.78 is 2.32. The van der Waals surface area contributed by atoms with Crippen LogP contribution in [0.1, 0.15) is 32.1 Å². The number of fused-ring (bicyclic) bond motifs is 1. The second-order valence-electron chi connectivity index (χ2n) is 3.60. The average molecular weight is 150 g/mol. The van der Waals surface area contributed by atoms with Gasteiger partial charge >= 0.3 is 0 Å². The lowest BCUT2D eigenvalue weighted by atomic mass is 10.0. The number of rotatable bonds is 1. The van der Waals surface area contributed by atoms with E-state index in [1.807, 2.05) is 6.20 Å². The van der Waals surface area contributed by atoms with Crippen LogP contribution >= 0.6 is 0 Å². The third kappa shape index (κ3) is 0.971. The Kier molecular flexibility index (Phi) is 1.48. The summed E-state index contributed by atoms with van der Waals surface area (Å²) in [6.07, 6.45) is 6.45. The van der Waals surface area contributed by atoms with Crippen molar-refractivity contribution < 1.29 is 0 Å². The SMILES string of the molecule is CC(C)C1CCc2nccn21. The van der Waals surface area contributed by atoms with Gasteiger partial charge in [-0.25, -0.2) is 4.98 Å². The van der Waals surface area contributed by atoms with Gasteiger partial charge in [-0.1, -0.05) is 13.8 Å². The summed E-state index contributed by atoms with van der Waals surface area (Å²) in [6.45, 7) is 4.56. The molecule has 60 valence electrons. The van der Waals surface area contributed by atoms with Crippen molar-refractivity contribution in [2.45, 2.75) is 32.7 Å². The summed E-state index contributed by atoms with van der Waals surface area (Å²) in [5.74, 6) is 2.01. The van der Waals surface area contributed by atoms with Gasteiger partial charge in [0.25, 0.3) is 0 Å². The van der Waals surface area contributed by atoms with Crippen LogP contribution in [0.25, 0.3) is 0 Å². The minimum absolute atomic E-state index is 0.701. The second-order valence-corrected chi connectivity index (χ2v) is 3.60. The zero-order valence-corrected chi connectivity index (χ0v) is 7.12. The smallest absolute Gasteiger partial charge is 0.108 e. The first-order valence-corrected chi connectivity index (χ1v) is 4.30. The molecule has 0 amide bonds. The molecule has 1 aromatic heterocycles. The molecule has 0 saturated carbocycles. The van der Waals surface area contributed by atoms with E-state index in [-0.39, 0.29) is 0 Å². The summed E-state index contributed by atoms with van der Waals surface area (Å²) in [5, 5.41) is 0. The highest BCUT2D eigenvalue weighted by atomic mass is 15.1. The zero-order valence-electron chi connectivity index (χ0n) is 7.12. The van der Waals surface area contributed by atoms with Gasteiger partial charge in [0.05, 0.1) is 0 Å². The van der Waals surface area contributed by atoms with Crippen molar-refractivity contribution in [3.05, 3.63) is 18.2 Å². The molecule has 11 heavy (non-hydrogen) atoms. The monoisotopic (exact) mass is 150 g/mol. The molecule has 0 saturated heterocycles. The van der Waals surface area contributed by atoms with Crippen molar-refractivity contribution in [3.63, 3.8) is 0 Å². The Hall–Kier alpha value is -0.790. The number of aryl methyl sites for hydroxylation is 1. The van der Waals surface area contributed by atoms with Crippen molar-refractivity contribution in [2.75, 3.05) is 0 Å². The summed E-state index contributed by atoms with van der Waals surface area (Å²) in [5.41, 5.74) is 0. The molecule has 0 aliphatic carbocycles. The molecule has 1 aliphatic rings. The molecule has 2 rings (SSSR count). The number of nitrogens with zero attached hydrogens (tertiary/aromatic N) is 2. The van der Waals surface area contributed by atoms with E-state index >= 15 is 0 Å². The van der Waals surface area contributed by atoms with Crippen LogP contribution in [-0.4, -0.2) is 9.55 Å². The molecule has 2 nitrogen and oxygen atoms in total. The van der Waals surface area contributed by atoms with Gasteiger partial charge in [-0.15, -0.1) is 0 Å². The van der Waals surface area contributed by atoms with E-state index in [4.69, 9.17) is 0 Å². The molecule has 1 unspecified atom stereocenters. The largest absolute Gasteiger partial charge is 0.332 e. The number of hydrogen-bond donors (Lipinski definition) is 0. The maximum absolute atomic E-state index is 4.29. The van der Waals surface area contributed by atoms with Gasteiger partial charge in [-0.05, 0) is 12.3 Å². The highest BCUT2D eigenvalue weighted by molar-refractivity contribution is 5.02. The highest BCUT2D eigenvalue weighted by Gasteiger charge is 2.23. The molecule has 2 heteroatoms. The standard InChI is InChI=1S/C9H14N2/c1-7(2)8-3-4-9-10-5-6-11(8)9/h5-8H,3-4H2,1-2H3. The van der Waals surface area contributed by atoms with E-state index in [2.05, 4.69) is 29.6 Å². The summed E-state index contributed by atoms with van der Waals surface area (Å²) in [7, 11) is 0. The third-order valence-electron chi connectivity index (χ3n) is 2.54.